The van der Waals surface area contributed by atoms with Crippen molar-refractivity contribution in [1.29, 1.82) is 0 Å². The SMILES string of the molecule is Cc1cc(NNC(=O)COc2ccccc2)ccc1N=O. The van der Waals surface area contributed by atoms with Crippen molar-refractivity contribution in [3.8, 4) is 5.75 Å². The first-order valence-corrected chi connectivity index (χ1v) is 6.36. The summed E-state index contributed by atoms with van der Waals surface area (Å²) in [7, 11) is 0. The van der Waals surface area contributed by atoms with Crippen LogP contribution in [0.15, 0.2) is 53.7 Å². The first-order valence-electron chi connectivity index (χ1n) is 6.36. The van der Waals surface area contributed by atoms with Gasteiger partial charge in [0.1, 0.15) is 11.4 Å². The maximum atomic E-state index is 11.6. The van der Waals surface area contributed by atoms with Crippen LogP contribution in [0.2, 0.25) is 0 Å². The lowest BCUT2D eigenvalue weighted by Crippen LogP contribution is -2.33. The van der Waals surface area contributed by atoms with Gasteiger partial charge in [-0.25, -0.2) is 0 Å². The number of hydrogen-bond acceptors (Lipinski definition) is 5. The summed E-state index contributed by atoms with van der Waals surface area (Å²) in [5.41, 5.74) is 7.02. The number of carbonyl (C=O) groups is 1. The molecule has 0 aliphatic rings. The van der Waals surface area contributed by atoms with Gasteiger partial charge in [0.25, 0.3) is 5.91 Å². The van der Waals surface area contributed by atoms with Gasteiger partial charge in [-0.15, -0.1) is 4.91 Å². The molecule has 2 aromatic carbocycles. The number of anilines is 1. The summed E-state index contributed by atoms with van der Waals surface area (Å²) in [5, 5.41) is 2.88. The molecule has 0 aliphatic heterocycles. The molecule has 2 aromatic rings. The number of amides is 1. The summed E-state index contributed by atoms with van der Waals surface area (Å²) in [6, 6.07) is 14.0. The van der Waals surface area contributed by atoms with E-state index in [9.17, 15) is 9.70 Å². The van der Waals surface area contributed by atoms with Gasteiger partial charge in [-0.05, 0) is 48.0 Å². The van der Waals surface area contributed by atoms with E-state index in [0.717, 1.165) is 5.56 Å². The predicted molar refractivity (Wildman–Crippen MR) is 80.3 cm³/mol. The van der Waals surface area contributed by atoms with Crippen LogP contribution in [0.5, 0.6) is 5.75 Å². The van der Waals surface area contributed by atoms with E-state index in [2.05, 4.69) is 16.0 Å². The molecule has 0 aromatic heterocycles. The number of benzene rings is 2. The summed E-state index contributed by atoms with van der Waals surface area (Å²) in [4.78, 5) is 22.1. The quantitative estimate of drug-likeness (QED) is 0.631. The lowest BCUT2D eigenvalue weighted by Gasteiger charge is -2.10. The second-order valence-electron chi connectivity index (χ2n) is 4.37. The molecule has 0 saturated heterocycles. The molecule has 0 unspecified atom stereocenters. The van der Waals surface area contributed by atoms with Crippen molar-refractivity contribution in [3.63, 3.8) is 0 Å². The number of ether oxygens (including phenoxy) is 1. The summed E-state index contributed by atoms with van der Waals surface area (Å²) < 4.78 is 5.31. The highest BCUT2D eigenvalue weighted by Crippen LogP contribution is 2.21. The van der Waals surface area contributed by atoms with Gasteiger partial charge in [0.2, 0.25) is 0 Å². The molecule has 2 rings (SSSR count). The number of para-hydroxylation sites is 1. The van der Waals surface area contributed by atoms with E-state index in [0.29, 0.717) is 17.1 Å². The largest absolute Gasteiger partial charge is 0.484 e. The van der Waals surface area contributed by atoms with Gasteiger partial charge in [0.05, 0.1) is 5.69 Å². The molecule has 0 saturated carbocycles. The van der Waals surface area contributed by atoms with Crippen LogP contribution < -0.4 is 15.6 Å². The highest BCUT2D eigenvalue weighted by molar-refractivity contribution is 5.79. The van der Waals surface area contributed by atoms with Gasteiger partial charge in [0.15, 0.2) is 6.61 Å². The van der Waals surface area contributed by atoms with Crippen molar-refractivity contribution in [1.82, 2.24) is 5.43 Å². The molecule has 0 fully saturated rings. The molecule has 0 heterocycles. The second kappa shape index (κ2) is 7.04. The number of nitroso groups, excluding NO2 is 1. The van der Waals surface area contributed by atoms with Gasteiger partial charge < -0.3 is 4.74 Å². The summed E-state index contributed by atoms with van der Waals surface area (Å²) >= 11 is 0. The van der Waals surface area contributed by atoms with Crippen LogP contribution in [0.25, 0.3) is 0 Å². The Morgan fingerprint density at radius 2 is 1.95 bits per heavy atom. The Morgan fingerprint density at radius 3 is 2.62 bits per heavy atom. The van der Waals surface area contributed by atoms with Crippen LogP contribution in [0.4, 0.5) is 11.4 Å². The van der Waals surface area contributed by atoms with Gasteiger partial charge >= 0.3 is 0 Å². The average Bonchev–Trinajstić information content (AvgIpc) is 2.52. The number of carbonyl (C=O) groups excluding carboxylic acids is 1. The monoisotopic (exact) mass is 285 g/mol. The van der Waals surface area contributed by atoms with Crippen molar-refractivity contribution in [2.45, 2.75) is 6.92 Å². The predicted octanol–water partition coefficient (Wildman–Crippen LogP) is 2.92. The number of hydrogen-bond donors (Lipinski definition) is 2. The zero-order valence-corrected chi connectivity index (χ0v) is 11.5. The van der Waals surface area contributed by atoms with Crippen LogP contribution in [-0.2, 0) is 4.79 Å². The van der Waals surface area contributed by atoms with Crippen molar-refractivity contribution in [3.05, 3.63) is 59.0 Å². The first-order chi connectivity index (χ1) is 10.2. The number of nitrogens with one attached hydrogen (secondary N) is 2. The third-order valence-corrected chi connectivity index (χ3v) is 2.75. The van der Waals surface area contributed by atoms with Crippen LogP contribution in [-0.4, -0.2) is 12.5 Å². The molecular formula is C15H15N3O3. The fourth-order valence-electron chi connectivity index (χ4n) is 1.68. The van der Waals surface area contributed by atoms with Crippen LogP contribution in [0.1, 0.15) is 5.56 Å². The average molecular weight is 285 g/mol. The Bertz CT molecular complexity index is 629. The minimum Gasteiger partial charge on any atom is -0.484 e. The minimum atomic E-state index is -0.311. The van der Waals surface area contributed by atoms with Gasteiger partial charge in [-0.3, -0.25) is 15.6 Å². The van der Waals surface area contributed by atoms with Crippen molar-refractivity contribution < 1.29 is 9.53 Å². The highest BCUT2D eigenvalue weighted by atomic mass is 16.5. The molecule has 0 atom stereocenters. The molecule has 2 N–H and O–H groups in total. The summed E-state index contributed by atoms with van der Waals surface area (Å²) in [5.74, 6) is 0.319. The molecule has 0 bridgehead atoms. The minimum absolute atomic E-state index is 0.0933. The molecule has 0 aliphatic carbocycles. The summed E-state index contributed by atoms with van der Waals surface area (Å²) in [6.45, 7) is 1.67. The highest BCUT2D eigenvalue weighted by Gasteiger charge is 2.03. The number of aryl methyl sites for hydroxylation is 1. The van der Waals surface area contributed by atoms with Crippen molar-refractivity contribution in [2.24, 2.45) is 5.18 Å². The lowest BCUT2D eigenvalue weighted by atomic mass is 10.2. The number of nitrogens with zero attached hydrogens (tertiary/aromatic N) is 1. The lowest BCUT2D eigenvalue weighted by molar-refractivity contribution is -0.122. The maximum Gasteiger partial charge on any atom is 0.276 e. The van der Waals surface area contributed by atoms with E-state index in [1.54, 1.807) is 37.3 Å². The molecular weight excluding hydrogens is 270 g/mol. The normalized spacial score (nSPS) is 9.76. The third kappa shape index (κ3) is 4.31. The Hall–Kier alpha value is -2.89. The fourth-order valence-corrected chi connectivity index (χ4v) is 1.68. The Balaban J connectivity index is 1.81. The Morgan fingerprint density at radius 1 is 1.19 bits per heavy atom. The summed E-state index contributed by atoms with van der Waals surface area (Å²) in [6.07, 6.45) is 0. The third-order valence-electron chi connectivity index (χ3n) is 2.75. The van der Waals surface area contributed by atoms with Crippen LogP contribution in [0.3, 0.4) is 0 Å². The fraction of sp³-hybridized carbons (Fsp3) is 0.133. The zero-order valence-electron chi connectivity index (χ0n) is 11.5. The van der Waals surface area contributed by atoms with Crippen molar-refractivity contribution in [2.75, 3.05) is 12.0 Å². The second-order valence-corrected chi connectivity index (χ2v) is 4.37. The van der Waals surface area contributed by atoms with Gasteiger partial charge in [-0.1, -0.05) is 18.2 Å². The number of rotatable bonds is 6. The van der Waals surface area contributed by atoms with E-state index in [1.165, 1.54) is 0 Å². The van der Waals surface area contributed by atoms with Crippen LogP contribution in [0, 0.1) is 11.8 Å². The van der Waals surface area contributed by atoms with E-state index in [1.807, 2.05) is 18.2 Å². The smallest absolute Gasteiger partial charge is 0.276 e. The molecule has 108 valence electrons. The standard InChI is InChI=1S/C15H15N3O3/c1-11-9-12(7-8-14(11)18-20)16-17-15(19)10-21-13-5-3-2-4-6-13/h2-9,16H,10H2,1H3,(H,17,19). The molecule has 1 amide bonds. The van der Waals surface area contributed by atoms with Gasteiger partial charge in [0, 0.05) is 0 Å². The van der Waals surface area contributed by atoms with E-state index in [4.69, 9.17) is 4.74 Å². The Labute approximate surface area is 122 Å². The zero-order chi connectivity index (χ0) is 15.1. The molecule has 0 radical (unpaired) electrons. The molecule has 6 nitrogen and oxygen atoms in total. The van der Waals surface area contributed by atoms with Crippen LogP contribution >= 0.6 is 0 Å². The molecule has 6 heteroatoms. The van der Waals surface area contributed by atoms with Gasteiger partial charge in [-0.2, -0.15) is 0 Å². The maximum absolute atomic E-state index is 11.6. The van der Waals surface area contributed by atoms with E-state index in [-0.39, 0.29) is 12.5 Å². The van der Waals surface area contributed by atoms with E-state index < -0.39 is 0 Å². The Kier molecular flexibility index (Phi) is 4.87. The molecule has 0 spiro atoms. The van der Waals surface area contributed by atoms with E-state index >= 15 is 0 Å². The van der Waals surface area contributed by atoms with Crippen molar-refractivity contribution >= 4 is 17.3 Å². The molecule has 21 heavy (non-hydrogen) atoms. The topological polar surface area (TPSA) is 79.8 Å². The first kappa shape index (κ1) is 14.5. The number of hydrazine groups is 1.